The van der Waals surface area contributed by atoms with Crippen molar-refractivity contribution in [2.45, 2.75) is 70.6 Å². The van der Waals surface area contributed by atoms with Crippen LogP contribution in [0.4, 0.5) is 4.39 Å². The molecule has 0 aromatic heterocycles. The lowest BCUT2D eigenvalue weighted by atomic mass is 9.84. The van der Waals surface area contributed by atoms with Gasteiger partial charge >= 0.3 is 0 Å². The van der Waals surface area contributed by atoms with Crippen molar-refractivity contribution >= 4 is 0 Å². The van der Waals surface area contributed by atoms with Crippen molar-refractivity contribution in [3.63, 3.8) is 0 Å². The summed E-state index contributed by atoms with van der Waals surface area (Å²) in [6.07, 6.45) is 8.29. The fourth-order valence-electron chi connectivity index (χ4n) is 3.14. The molecule has 1 fully saturated rings. The van der Waals surface area contributed by atoms with E-state index in [1.54, 1.807) is 6.07 Å². The minimum Gasteiger partial charge on any atom is -0.508 e. The molecule has 0 bridgehead atoms. The Kier molecular flexibility index (Phi) is 4.84. The summed E-state index contributed by atoms with van der Waals surface area (Å²) >= 11 is 0. The number of phenolic OH excluding ortho intramolecular Hbond substituents is 1. The molecule has 0 saturated heterocycles. The molecule has 0 aliphatic heterocycles. The van der Waals surface area contributed by atoms with E-state index in [0.717, 1.165) is 18.4 Å². The molecule has 106 valence electrons. The average molecular weight is 264 g/mol. The highest BCUT2D eigenvalue weighted by molar-refractivity contribution is 5.40. The number of halogens is 1. The maximum atomic E-state index is 14.3. The minimum absolute atomic E-state index is 0.132. The van der Waals surface area contributed by atoms with Crippen LogP contribution in [0.1, 0.15) is 81.8 Å². The predicted molar refractivity (Wildman–Crippen MR) is 77.2 cm³/mol. The summed E-state index contributed by atoms with van der Waals surface area (Å²) in [5, 5.41) is 10.1. The minimum atomic E-state index is -0.132. The molecule has 2 rings (SSSR count). The highest BCUT2D eigenvalue weighted by Gasteiger charge is 2.20. The standard InChI is InChI=1S/C17H25FO/c1-12(2)14-10-16(18)15(11-17(14)19)13-8-6-4-3-5-7-9-13/h10-13,19H,3-9H2,1-2H3. The van der Waals surface area contributed by atoms with Crippen LogP contribution in [0.25, 0.3) is 0 Å². The first-order valence-corrected chi connectivity index (χ1v) is 7.62. The highest BCUT2D eigenvalue weighted by Crippen LogP contribution is 2.36. The van der Waals surface area contributed by atoms with Crippen LogP contribution in [0.3, 0.4) is 0 Å². The zero-order valence-electron chi connectivity index (χ0n) is 12.1. The Balaban J connectivity index is 2.25. The molecular formula is C17H25FO. The lowest BCUT2D eigenvalue weighted by Crippen LogP contribution is -2.06. The van der Waals surface area contributed by atoms with E-state index in [2.05, 4.69) is 0 Å². The van der Waals surface area contributed by atoms with Crippen molar-refractivity contribution in [2.24, 2.45) is 0 Å². The van der Waals surface area contributed by atoms with Crippen LogP contribution in [0.15, 0.2) is 12.1 Å². The lowest BCUT2D eigenvalue weighted by Gasteiger charge is -2.22. The Bertz CT molecular complexity index is 418. The number of rotatable bonds is 2. The number of hydrogen-bond donors (Lipinski definition) is 1. The molecule has 0 atom stereocenters. The molecule has 0 radical (unpaired) electrons. The molecule has 1 N–H and O–H groups in total. The molecule has 1 aromatic rings. The molecule has 1 aliphatic carbocycles. The molecule has 1 nitrogen and oxygen atoms in total. The first-order chi connectivity index (χ1) is 9.09. The number of aromatic hydroxyl groups is 1. The summed E-state index contributed by atoms with van der Waals surface area (Å²) in [6.45, 7) is 3.95. The van der Waals surface area contributed by atoms with Crippen LogP contribution < -0.4 is 0 Å². The quantitative estimate of drug-likeness (QED) is 0.749. The molecule has 2 heteroatoms. The van der Waals surface area contributed by atoms with Gasteiger partial charge < -0.3 is 5.11 Å². The van der Waals surface area contributed by atoms with E-state index >= 15 is 0 Å². The lowest BCUT2D eigenvalue weighted by molar-refractivity contribution is 0.431. The van der Waals surface area contributed by atoms with Crippen molar-refractivity contribution < 1.29 is 9.50 Å². The van der Waals surface area contributed by atoms with Gasteiger partial charge in [0.15, 0.2) is 0 Å². The zero-order chi connectivity index (χ0) is 13.8. The van der Waals surface area contributed by atoms with E-state index in [4.69, 9.17) is 0 Å². The molecule has 1 saturated carbocycles. The van der Waals surface area contributed by atoms with Crippen LogP contribution in [0.5, 0.6) is 5.75 Å². The number of phenols is 1. The Morgan fingerprint density at radius 1 is 1.05 bits per heavy atom. The van der Waals surface area contributed by atoms with Gasteiger partial charge in [0, 0.05) is 0 Å². The molecule has 1 aliphatic rings. The van der Waals surface area contributed by atoms with Crippen LogP contribution in [0.2, 0.25) is 0 Å². The maximum Gasteiger partial charge on any atom is 0.127 e. The van der Waals surface area contributed by atoms with Gasteiger partial charge in [-0.15, -0.1) is 0 Å². The van der Waals surface area contributed by atoms with Crippen molar-refractivity contribution in [2.75, 3.05) is 0 Å². The molecule has 0 heterocycles. The third-order valence-electron chi connectivity index (χ3n) is 4.31. The van der Waals surface area contributed by atoms with Crippen LogP contribution in [-0.2, 0) is 0 Å². The van der Waals surface area contributed by atoms with Gasteiger partial charge in [0.05, 0.1) is 0 Å². The third-order valence-corrected chi connectivity index (χ3v) is 4.31. The van der Waals surface area contributed by atoms with E-state index in [-0.39, 0.29) is 23.4 Å². The highest BCUT2D eigenvalue weighted by atomic mass is 19.1. The fraction of sp³-hybridized carbons (Fsp3) is 0.647. The summed E-state index contributed by atoms with van der Waals surface area (Å²) in [4.78, 5) is 0. The van der Waals surface area contributed by atoms with Gasteiger partial charge in [-0.2, -0.15) is 0 Å². The monoisotopic (exact) mass is 264 g/mol. The van der Waals surface area contributed by atoms with E-state index < -0.39 is 0 Å². The second-order valence-electron chi connectivity index (χ2n) is 6.13. The van der Waals surface area contributed by atoms with E-state index in [0.29, 0.717) is 5.56 Å². The molecule has 1 aromatic carbocycles. The summed E-state index contributed by atoms with van der Waals surface area (Å²) in [5.74, 6) is 0.564. The average Bonchev–Trinajstić information content (AvgIpc) is 2.31. The van der Waals surface area contributed by atoms with Crippen molar-refractivity contribution in [3.8, 4) is 5.75 Å². The predicted octanol–water partition coefficient (Wildman–Crippen LogP) is 5.48. The second-order valence-corrected chi connectivity index (χ2v) is 6.13. The first kappa shape index (κ1) is 14.4. The molecule has 0 spiro atoms. The summed E-state index contributed by atoms with van der Waals surface area (Å²) in [6, 6.07) is 3.21. The van der Waals surface area contributed by atoms with E-state index in [9.17, 15) is 9.50 Å². The van der Waals surface area contributed by atoms with Gasteiger partial charge in [0.1, 0.15) is 11.6 Å². The molecule has 0 unspecified atom stereocenters. The normalized spacial score (nSPS) is 18.3. The van der Waals surface area contributed by atoms with Gasteiger partial charge in [-0.05, 0) is 47.9 Å². The first-order valence-electron chi connectivity index (χ1n) is 7.62. The van der Waals surface area contributed by atoms with Gasteiger partial charge in [0.25, 0.3) is 0 Å². The van der Waals surface area contributed by atoms with E-state index in [1.807, 2.05) is 13.8 Å². The van der Waals surface area contributed by atoms with Crippen LogP contribution >= 0.6 is 0 Å². The van der Waals surface area contributed by atoms with Crippen molar-refractivity contribution in [1.82, 2.24) is 0 Å². The Labute approximate surface area is 115 Å². The molecule has 19 heavy (non-hydrogen) atoms. The summed E-state index contributed by atoms with van der Waals surface area (Å²) in [5.41, 5.74) is 1.44. The maximum absolute atomic E-state index is 14.3. The topological polar surface area (TPSA) is 20.2 Å². The Morgan fingerprint density at radius 2 is 1.63 bits per heavy atom. The van der Waals surface area contributed by atoms with Crippen LogP contribution in [0, 0.1) is 5.82 Å². The third kappa shape index (κ3) is 3.49. The summed E-state index contributed by atoms with van der Waals surface area (Å²) in [7, 11) is 0. The van der Waals surface area contributed by atoms with Gasteiger partial charge in [0.2, 0.25) is 0 Å². The Hall–Kier alpha value is -1.05. The molecular weight excluding hydrogens is 239 g/mol. The van der Waals surface area contributed by atoms with Gasteiger partial charge in [-0.3, -0.25) is 0 Å². The second kappa shape index (κ2) is 6.40. The largest absolute Gasteiger partial charge is 0.508 e. The number of hydrogen-bond acceptors (Lipinski definition) is 1. The fourth-order valence-corrected chi connectivity index (χ4v) is 3.14. The smallest absolute Gasteiger partial charge is 0.127 e. The van der Waals surface area contributed by atoms with E-state index in [1.165, 1.54) is 38.2 Å². The SMILES string of the molecule is CC(C)c1cc(F)c(C2CCCCCCC2)cc1O. The summed E-state index contributed by atoms with van der Waals surface area (Å²) < 4.78 is 14.3. The van der Waals surface area contributed by atoms with Gasteiger partial charge in [-0.1, -0.05) is 46.0 Å². The van der Waals surface area contributed by atoms with Crippen molar-refractivity contribution in [1.29, 1.82) is 0 Å². The Morgan fingerprint density at radius 3 is 2.21 bits per heavy atom. The van der Waals surface area contributed by atoms with Crippen molar-refractivity contribution in [3.05, 3.63) is 29.1 Å². The molecule has 0 amide bonds. The van der Waals surface area contributed by atoms with Crippen LogP contribution in [-0.4, -0.2) is 5.11 Å². The number of benzene rings is 1. The zero-order valence-corrected chi connectivity index (χ0v) is 12.1. The van der Waals surface area contributed by atoms with Gasteiger partial charge in [-0.25, -0.2) is 4.39 Å².